The first-order valence-corrected chi connectivity index (χ1v) is 6.33. The average molecular weight is 270 g/mol. The van der Waals surface area contributed by atoms with Crippen LogP contribution in [0, 0.1) is 12.7 Å². The van der Waals surface area contributed by atoms with Gasteiger partial charge in [0.15, 0.2) is 0 Å². The van der Waals surface area contributed by atoms with E-state index in [1.165, 1.54) is 12.1 Å². The van der Waals surface area contributed by atoms with Crippen LogP contribution in [-0.2, 0) is 9.47 Å². The third-order valence-corrected chi connectivity index (χ3v) is 3.23. The minimum absolute atomic E-state index is 0.198. The largest absolute Gasteiger partial charge is 0.487 e. The van der Waals surface area contributed by atoms with Gasteiger partial charge in [0.25, 0.3) is 0 Å². The van der Waals surface area contributed by atoms with Gasteiger partial charge in [-0.1, -0.05) is 0 Å². The van der Waals surface area contributed by atoms with E-state index in [0.29, 0.717) is 25.4 Å². The molecule has 0 aliphatic heterocycles. The predicted octanol–water partition coefficient (Wildman–Crippen LogP) is 1.68. The third-order valence-electron chi connectivity index (χ3n) is 3.23. The van der Waals surface area contributed by atoms with E-state index in [-0.39, 0.29) is 18.0 Å². The van der Waals surface area contributed by atoms with Gasteiger partial charge in [0.1, 0.15) is 23.8 Å². The van der Waals surface area contributed by atoms with E-state index < -0.39 is 6.10 Å². The molecule has 1 N–H and O–H groups in total. The normalized spacial score (nSPS) is 26.0. The van der Waals surface area contributed by atoms with E-state index >= 15 is 0 Å². The molecule has 19 heavy (non-hydrogen) atoms. The van der Waals surface area contributed by atoms with Crippen molar-refractivity contribution in [3.05, 3.63) is 29.6 Å². The maximum Gasteiger partial charge on any atom is 0.130 e. The molecule has 1 aliphatic rings. The average Bonchev–Trinajstić information content (AvgIpc) is 2.37. The molecule has 0 bridgehead atoms. The van der Waals surface area contributed by atoms with Gasteiger partial charge in [0.2, 0.25) is 0 Å². The lowest BCUT2D eigenvalue weighted by atomic mass is 9.88. The second-order valence-corrected chi connectivity index (χ2v) is 4.70. The summed E-state index contributed by atoms with van der Waals surface area (Å²) in [6, 6.07) is 4.38. The minimum atomic E-state index is -0.511. The molecule has 5 heteroatoms. The van der Waals surface area contributed by atoms with E-state index in [1.54, 1.807) is 20.1 Å². The number of aliphatic hydroxyl groups is 1. The summed E-state index contributed by atoms with van der Waals surface area (Å²) < 4.78 is 29.1. The minimum Gasteiger partial charge on any atom is -0.487 e. The highest BCUT2D eigenvalue weighted by Crippen LogP contribution is 2.30. The molecule has 1 aromatic rings. The van der Waals surface area contributed by atoms with Crippen LogP contribution in [0.5, 0.6) is 5.75 Å². The van der Waals surface area contributed by atoms with Crippen molar-refractivity contribution in [2.45, 2.75) is 31.7 Å². The first-order valence-electron chi connectivity index (χ1n) is 6.33. The smallest absolute Gasteiger partial charge is 0.130 e. The monoisotopic (exact) mass is 270 g/mol. The lowest BCUT2D eigenvalue weighted by Gasteiger charge is -2.41. The second kappa shape index (κ2) is 6.32. The number of benzene rings is 1. The Hall–Kier alpha value is -1.17. The van der Waals surface area contributed by atoms with Crippen molar-refractivity contribution >= 4 is 0 Å². The summed E-state index contributed by atoms with van der Waals surface area (Å²) in [7, 11) is 1.59. The van der Waals surface area contributed by atoms with Crippen LogP contribution in [0.1, 0.15) is 12.0 Å². The highest BCUT2D eigenvalue weighted by molar-refractivity contribution is 5.33. The SMILES string of the molecule is COCCOC1C(O)CC1Oc1ccc(F)cc1C. The lowest BCUT2D eigenvalue weighted by Crippen LogP contribution is -2.55. The summed E-state index contributed by atoms with van der Waals surface area (Å²) >= 11 is 0. The maximum absolute atomic E-state index is 13.0. The van der Waals surface area contributed by atoms with Gasteiger partial charge in [0.05, 0.1) is 19.3 Å². The van der Waals surface area contributed by atoms with Gasteiger partial charge >= 0.3 is 0 Å². The summed E-state index contributed by atoms with van der Waals surface area (Å²) in [5.74, 6) is 0.338. The van der Waals surface area contributed by atoms with Gasteiger partial charge in [-0.15, -0.1) is 0 Å². The van der Waals surface area contributed by atoms with Crippen molar-refractivity contribution in [1.82, 2.24) is 0 Å². The number of rotatable bonds is 6. The quantitative estimate of drug-likeness (QED) is 0.799. The highest BCUT2D eigenvalue weighted by Gasteiger charge is 2.43. The third kappa shape index (κ3) is 3.43. The van der Waals surface area contributed by atoms with Crippen LogP contribution >= 0.6 is 0 Å². The number of methoxy groups -OCH3 is 1. The molecule has 106 valence electrons. The molecule has 0 saturated heterocycles. The zero-order valence-electron chi connectivity index (χ0n) is 11.1. The van der Waals surface area contributed by atoms with Gasteiger partial charge in [-0.3, -0.25) is 0 Å². The Balaban J connectivity index is 1.91. The molecule has 0 amide bonds. The maximum atomic E-state index is 13.0. The molecule has 3 unspecified atom stereocenters. The fraction of sp³-hybridized carbons (Fsp3) is 0.571. The van der Waals surface area contributed by atoms with Crippen molar-refractivity contribution in [3.63, 3.8) is 0 Å². The van der Waals surface area contributed by atoms with Crippen LogP contribution in [0.2, 0.25) is 0 Å². The first-order chi connectivity index (χ1) is 9.11. The van der Waals surface area contributed by atoms with E-state index in [9.17, 15) is 9.50 Å². The molecular weight excluding hydrogens is 251 g/mol. The zero-order valence-corrected chi connectivity index (χ0v) is 11.1. The van der Waals surface area contributed by atoms with E-state index in [0.717, 1.165) is 5.56 Å². The predicted molar refractivity (Wildman–Crippen MR) is 67.8 cm³/mol. The summed E-state index contributed by atoms with van der Waals surface area (Å²) in [5, 5.41) is 9.66. The summed E-state index contributed by atoms with van der Waals surface area (Å²) in [6.07, 6.45) is -0.535. The van der Waals surface area contributed by atoms with Crippen LogP contribution in [0.15, 0.2) is 18.2 Å². The number of aryl methyl sites for hydroxylation is 1. The Kier molecular flexibility index (Phi) is 4.74. The zero-order chi connectivity index (χ0) is 13.8. The van der Waals surface area contributed by atoms with Crippen molar-refractivity contribution in [2.75, 3.05) is 20.3 Å². The number of ether oxygens (including phenoxy) is 3. The van der Waals surface area contributed by atoms with E-state index in [2.05, 4.69) is 0 Å². The van der Waals surface area contributed by atoms with Crippen LogP contribution in [-0.4, -0.2) is 43.7 Å². The molecule has 1 aliphatic carbocycles. The Morgan fingerprint density at radius 1 is 1.37 bits per heavy atom. The van der Waals surface area contributed by atoms with Crippen molar-refractivity contribution in [1.29, 1.82) is 0 Å². The standard InChI is InChI=1S/C14H19FO4/c1-9-7-10(15)3-4-12(9)19-13-8-11(16)14(13)18-6-5-17-2/h3-4,7,11,13-14,16H,5-6,8H2,1-2H3. The Morgan fingerprint density at radius 2 is 2.16 bits per heavy atom. The molecule has 4 nitrogen and oxygen atoms in total. The second-order valence-electron chi connectivity index (χ2n) is 4.70. The molecule has 0 spiro atoms. The lowest BCUT2D eigenvalue weighted by molar-refractivity contribution is -0.167. The molecule has 2 rings (SSSR count). The van der Waals surface area contributed by atoms with E-state index in [1.807, 2.05) is 0 Å². The van der Waals surface area contributed by atoms with Crippen LogP contribution in [0.4, 0.5) is 4.39 Å². The van der Waals surface area contributed by atoms with Gasteiger partial charge in [-0.2, -0.15) is 0 Å². The first kappa shape index (κ1) is 14.2. The van der Waals surface area contributed by atoms with Crippen LogP contribution < -0.4 is 4.74 Å². The van der Waals surface area contributed by atoms with Crippen molar-refractivity contribution < 1.29 is 23.7 Å². The Labute approximate surface area is 112 Å². The number of hydrogen-bond donors (Lipinski definition) is 1. The fourth-order valence-electron chi connectivity index (χ4n) is 2.07. The molecule has 0 heterocycles. The van der Waals surface area contributed by atoms with E-state index in [4.69, 9.17) is 14.2 Å². The van der Waals surface area contributed by atoms with Gasteiger partial charge in [-0.05, 0) is 30.7 Å². The molecule has 1 aromatic carbocycles. The number of hydrogen-bond acceptors (Lipinski definition) is 4. The molecule has 1 fully saturated rings. The Morgan fingerprint density at radius 3 is 2.79 bits per heavy atom. The van der Waals surface area contributed by atoms with Crippen molar-refractivity contribution in [3.8, 4) is 5.75 Å². The molecular formula is C14H19FO4. The summed E-state index contributed by atoms with van der Waals surface area (Å²) in [6.45, 7) is 2.68. The number of halogens is 1. The number of aliphatic hydroxyl groups excluding tert-OH is 1. The highest BCUT2D eigenvalue weighted by atomic mass is 19.1. The van der Waals surface area contributed by atoms with Crippen LogP contribution in [0.25, 0.3) is 0 Å². The molecule has 1 saturated carbocycles. The van der Waals surface area contributed by atoms with Crippen LogP contribution in [0.3, 0.4) is 0 Å². The Bertz CT molecular complexity index is 424. The fourth-order valence-corrected chi connectivity index (χ4v) is 2.07. The topological polar surface area (TPSA) is 47.9 Å². The molecule has 0 aromatic heterocycles. The summed E-state index contributed by atoms with van der Waals surface area (Å²) in [5.41, 5.74) is 0.733. The molecule has 0 radical (unpaired) electrons. The van der Waals surface area contributed by atoms with Crippen molar-refractivity contribution in [2.24, 2.45) is 0 Å². The van der Waals surface area contributed by atoms with Gasteiger partial charge in [0, 0.05) is 13.5 Å². The molecule has 3 atom stereocenters. The van der Waals surface area contributed by atoms with Gasteiger partial charge in [-0.25, -0.2) is 4.39 Å². The van der Waals surface area contributed by atoms with Gasteiger partial charge < -0.3 is 19.3 Å². The summed E-state index contributed by atoms with van der Waals surface area (Å²) in [4.78, 5) is 0.